The molecule has 7 N–H and O–H groups in total. The van der Waals surface area contributed by atoms with E-state index in [0.29, 0.717) is 34.9 Å². The molecule has 1 unspecified atom stereocenters. The fourth-order valence-corrected chi connectivity index (χ4v) is 8.24. The van der Waals surface area contributed by atoms with Crippen molar-refractivity contribution in [3.05, 3.63) is 146 Å². The Kier molecular flexibility index (Phi) is 40.7. The third-order valence-electron chi connectivity index (χ3n) is 13.0. The van der Waals surface area contributed by atoms with Gasteiger partial charge in [-0.3, -0.25) is 24.5 Å². The van der Waals surface area contributed by atoms with Crippen molar-refractivity contribution in [3.63, 3.8) is 0 Å². The summed E-state index contributed by atoms with van der Waals surface area (Å²) in [7, 11) is 3.12. The van der Waals surface area contributed by atoms with Gasteiger partial charge in [0.15, 0.2) is 11.5 Å². The zero-order chi connectivity index (χ0) is 68.3. The van der Waals surface area contributed by atoms with Crippen LogP contribution in [-0.2, 0) is 42.2 Å². The van der Waals surface area contributed by atoms with Gasteiger partial charge in [-0.2, -0.15) is 13.2 Å². The van der Waals surface area contributed by atoms with E-state index in [1.807, 2.05) is 30.3 Å². The number of carbonyl (C=O) groups excluding carboxylic acids is 1. The maximum absolute atomic E-state index is 12.6. The third kappa shape index (κ3) is 36.2. The van der Waals surface area contributed by atoms with Crippen molar-refractivity contribution < 1.29 is 91.7 Å². The van der Waals surface area contributed by atoms with Crippen molar-refractivity contribution in [2.75, 3.05) is 20.8 Å². The molecular formula is C67H88ClF3N2O17. The highest BCUT2D eigenvalue weighted by atomic mass is 35.5. The van der Waals surface area contributed by atoms with Crippen molar-refractivity contribution in [1.82, 2.24) is 5.32 Å². The summed E-state index contributed by atoms with van der Waals surface area (Å²) in [6.45, 7) is 9.85. The lowest BCUT2D eigenvalue weighted by Crippen LogP contribution is -2.51. The Labute approximate surface area is 530 Å². The number of nitrogens with zero attached hydrogens (tertiary/aromatic N) is 1. The minimum atomic E-state index is -5.18. The number of aryl methyl sites for hydroxylation is 1. The molecule has 0 heterocycles. The highest BCUT2D eigenvalue weighted by Gasteiger charge is 2.59. The lowest BCUT2D eigenvalue weighted by atomic mass is 9.86. The van der Waals surface area contributed by atoms with E-state index in [2.05, 4.69) is 38.9 Å². The molecule has 1 atom stereocenters. The van der Waals surface area contributed by atoms with E-state index in [1.54, 1.807) is 32.4 Å². The summed E-state index contributed by atoms with van der Waals surface area (Å²) >= 11 is 5.64. The quantitative estimate of drug-likeness (QED) is 0.00582. The monoisotopic (exact) mass is 1280 g/mol. The number of alkyl halides is 3. The van der Waals surface area contributed by atoms with Crippen LogP contribution < -0.4 is 19.5 Å². The molecule has 0 bridgehead atoms. The van der Waals surface area contributed by atoms with Crippen molar-refractivity contribution in [2.24, 2.45) is 0 Å². The molecule has 90 heavy (non-hydrogen) atoms. The number of halogens is 4. The summed E-state index contributed by atoms with van der Waals surface area (Å²) in [4.78, 5) is 73.9. The first-order valence-electron chi connectivity index (χ1n) is 29.3. The van der Waals surface area contributed by atoms with Crippen molar-refractivity contribution in [2.45, 2.75) is 180 Å². The maximum atomic E-state index is 12.6. The van der Waals surface area contributed by atoms with Gasteiger partial charge in [-0.15, -0.1) is 6.42 Å². The molecule has 0 radical (unpaired) electrons. The summed E-state index contributed by atoms with van der Waals surface area (Å²) in [5.41, 5.74) is -0.741. The molecule has 0 saturated carbocycles. The van der Waals surface area contributed by atoms with Crippen LogP contribution in [0.5, 0.6) is 17.2 Å². The van der Waals surface area contributed by atoms with Crippen LogP contribution in [0.25, 0.3) is 6.08 Å². The standard InChI is InChI=1S/C23H41F3O3.C12H16O2.C11H10N2O5.C11H14O4.C10H7ClO3/c1-2-3-4-5-6-7-8-9-10-11-12-13-14-15-16-17-18-19-20-22(29,21(27)28)23(24,25)26;1-12(2,3)10-6-4-9(5-7-10)8-11(13)14;1-7(14)12-10(11(15)16)6-8-3-2-4-9(5-8)13(17)18;1-14-9-5-3-8(4-6-11(12)13)7-10(9)15-2;1-2-5-14-9-4-3-7(11)6-8(9)10(12)13/h18-19,29H,2-17,20H2,1H3,(H,27,28);4-7H,8H2,1-3H3,(H,13,14);2-6H,1H3,(H,12,14)(H,15,16);3,5,7H,4,6H2,1-2H3,(H,12,13);1,3-4,6H,5H2,(H,12,13). The number of hydrogen-bond acceptors (Lipinski definition) is 12. The van der Waals surface area contributed by atoms with E-state index in [0.717, 1.165) is 42.5 Å². The molecule has 0 aliphatic carbocycles. The second-order valence-electron chi connectivity index (χ2n) is 21.5. The van der Waals surface area contributed by atoms with Crippen LogP contribution in [0.3, 0.4) is 0 Å². The van der Waals surface area contributed by atoms with Gasteiger partial charge in [0.2, 0.25) is 5.91 Å². The molecule has 0 saturated heterocycles. The second-order valence-corrected chi connectivity index (χ2v) is 21.9. The number of aromatic carboxylic acids is 1. The molecule has 19 nitrogen and oxygen atoms in total. The Balaban J connectivity index is 0.00000114. The molecule has 0 aromatic heterocycles. The van der Waals surface area contributed by atoms with E-state index in [4.69, 9.17) is 57.8 Å². The van der Waals surface area contributed by atoms with Crippen molar-refractivity contribution >= 4 is 59.1 Å². The van der Waals surface area contributed by atoms with E-state index in [-0.39, 0.29) is 47.6 Å². The third-order valence-corrected chi connectivity index (χ3v) is 13.3. The number of nitrogens with one attached hydrogen (secondary N) is 1. The number of carboxylic acids is 5. The number of aliphatic hydroxyl groups is 1. The lowest BCUT2D eigenvalue weighted by Gasteiger charge is -2.24. The number of methoxy groups -OCH3 is 2. The zero-order valence-corrected chi connectivity index (χ0v) is 53.1. The van der Waals surface area contributed by atoms with E-state index in [1.165, 1.54) is 132 Å². The number of nitro benzene ring substituents is 1. The first-order chi connectivity index (χ1) is 42.4. The van der Waals surface area contributed by atoms with Gasteiger partial charge in [0.1, 0.15) is 23.6 Å². The van der Waals surface area contributed by atoms with Gasteiger partial charge in [0.05, 0.1) is 25.6 Å². The number of carboxylic acid groups (broad SMARTS) is 5. The molecule has 4 aromatic carbocycles. The highest BCUT2D eigenvalue weighted by molar-refractivity contribution is 6.31. The normalized spacial score (nSPS) is 11.6. The number of amides is 1. The number of benzene rings is 4. The number of ether oxygens (including phenoxy) is 3. The second kappa shape index (κ2) is 44.9. The Hall–Kier alpha value is -8.42. The Morgan fingerprint density at radius 2 is 1.23 bits per heavy atom. The van der Waals surface area contributed by atoms with Gasteiger partial charge in [-0.05, 0) is 83.3 Å². The van der Waals surface area contributed by atoms with Gasteiger partial charge in [-0.25, -0.2) is 14.4 Å². The van der Waals surface area contributed by atoms with Crippen LogP contribution in [0.15, 0.2) is 103 Å². The first-order valence-corrected chi connectivity index (χ1v) is 29.7. The predicted molar refractivity (Wildman–Crippen MR) is 339 cm³/mol. The molecule has 0 spiro atoms. The van der Waals surface area contributed by atoms with Crippen molar-refractivity contribution in [1.29, 1.82) is 0 Å². The van der Waals surface area contributed by atoms with Crippen molar-refractivity contribution in [3.8, 4) is 29.6 Å². The first kappa shape index (κ1) is 81.6. The SMILES string of the molecule is C#CCOc1ccc(Cl)cc1C(=O)O.CC(=O)NC(=Cc1cccc([N+](=O)[O-])c1)C(=O)O.CC(C)(C)c1ccc(CC(=O)O)cc1.CCCCCCCCCCCCCCCCCC=CCC(O)(C(=O)O)C(F)(F)F.COc1ccc(CCC(=O)O)cc1OC. The average molecular weight is 1290 g/mol. The van der Waals surface area contributed by atoms with Crippen LogP contribution in [0.2, 0.25) is 5.02 Å². The van der Waals surface area contributed by atoms with Gasteiger partial charge < -0.3 is 50.2 Å². The number of carbonyl (C=O) groups is 6. The summed E-state index contributed by atoms with van der Waals surface area (Å²) in [6, 6.07) is 22.9. The number of nitro groups is 1. The van der Waals surface area contributed by atoms with Gasteiger partial charge >= 0.3 is 36.0 Å². The minimum Gasteiger partial charge on any atom is -0.493 e. The molecule has 4 rings (SSSR count). The zero-order valence-electron chi connectivity index (χ0n) is 52.4. The summed E-state index contributed by atoms with van der Waals surface area (Å²) in [6.07, 6.45) is 22.8. The molecule has 496 valence electrons. The fourth-order valence-electron chi connectivity index (χ4n) is 8.06. The fraction of sp³-hybridized carbons (Fsp3) is 0.463. The molecule has 0 aliphatic heterocycles. The Bertz CT molecular complexity index is 2950. The molecule has 23 heteroatoms. The number of rotatable bonds is 33. The van der Waals surface area contributed by atoms with Crippen LogP contribution in [0.4, 0.5) is 18.9 Å². The number of aliphatic carboxylic acids is 4. The largest absolute Gasteiger partial charge is 0.493 e. The summed E-state index contributed by atoms with van der Waals surface area (Å²) < 4.78 is 53.0. The molecule has 1 amide bonds. The lowest BCUT2D eigenvalue weighted by molar-refractivity contribution is -0.384. The molecule has 4 aromatic rings. The van der Waals surface area contributed by atoms with E-state index in [9.17, 15) is 57.2 Å². The van der Waals surface area contributed by atoms with Crippen LogP contribution in [0, 0.1) is 22.5 Å². The number of hydrogen-bond donors (Lipinski definition) is 7. The van der Waals surface area contributed by atoms with Crippen LogP contribution in [-0.4, -0.2) is 104 Å². The minimum absolute atomic E-state index is 0.00718. The number of unbranched alkanes of at least 4 members (excludes halogenated alkanes) is 15. The van der Waals surface area contributed by atoms with Crippen LogP contribution >= 0.6 is 11.6 Å². The Morgan fingerprint density at radius 1 is 0.700 bits per heavy atom. The molecular weight excluding hydrogens is 1200 g/mol. The van der Waals surface area contributed by atoms with Crippen LogP contribution in [0.1, 0.15) is 183 Å². The van der Waals surface area contributed by atoms with E-state index < -0.39 is 58.9 Å². The Morgan fingerprint density at radius 3 is 1.68 bits per heavy atom. The van der Waals surface area contributed by atoms with Gasteiger partial charge in [-0.1, -0.05) is 190 Å². The number of terminal acetylenes is 1. The summed E-state index contributed by atoms with van der Waals surface area (Å²) in [5.74, 6) is -3.05. The molecule has 0 aliphatic rings. The topological polar surface area (TPSA) is 307 Å². The smallest absolute Gasteiger partial charge is 0.428 e. The number of allylic oxidation sites excluding steroid dienone is 1. The number of non-ortho nitro benzene ring substituents is 1. The van der Waals surface area contributed by atoms with E-state index >= 15 is 0 Å². The predicted octanol–water partition coefficient (Wildman–Crippen LogP) is 15.1. The maximum Gasteiger partial charge on any atom is 0.428 e. The highest BCUT2D eigenvalue weighted by Crippen LogP contribution is 2.34. The average Bonchev–Trinajstić information content (AvgIpc) is 1.07. The molecule has 0 fully saturated rings. The summed E-state index contributed by atoms with van der Waals surface area (Å²) in [5, 5.41) is 65.7. The van der Waals surface area contributed by atoms with Gasteiger partial charge in [0.25, 0.3) is 11.3 Å². The van der Waals surface area contributed by atoms with Gasteiger partial charge in [0, 0.05) is 36.9 Å².